The molecule has 1 aliphatic rings. The Morgan fingerprint density at radius 3 is 2.63 bits per heavy atom. The first-order valence-corrected chi connectivity index (χ1v) is 7.43. The lowest BCUT2D eigenvalue weighted by atomic mass is 9.90. The lowest BCUT2D eigenvalue weighted by Gasteiger charge is -2.43. The normalized spacial score (nSPS) is 19.3. The average molecular weight is 262 g/mol. The van der Waals surface area contributed by atoms with Gasteiger partial charge in [0.05, 0.1) is 0 Å². The second-order valence-corrected chi connectivity index (χ2v) is 5.35. The molecule has 3 nitrogen and oxygen atoms in total. The highest BCUT2D eigenvalue weighted by Crippen LogP contribution is 2.19. The van der Waals surface area contributed by atoms with E-state index in [0.717, 1.165) is 38.5 Å². The highest BCUT2D eigenvalue weighted by atomic mass is 16.5. The van der Waals surface area contributed by atoms with Gasteiger partial charge in [0.2, 0.25) is 0 Å². The highest BCUT2D eigenvalue weighted by Gasteiger charge is 2.31. The van der Waals surface area contributed by atoms with Gasteiger partial charge in [0.25, 0.3) is 0 Å². The van der Waals surface area contributed by atoms with Gasteiger partial charge in [0.15, 0.2) is 0 Å². The Balaban J connectivity index is 1.77. The smallest absolute Gasteiger partial charge is 0.119 e. The van der Waals surface area contributed by atoms with Crippen LogP contribution in [0.4, 0.5) is 0 Å². The number of hydrogen-bond donors (Lipinski definition) is 1. The highest BCUT2D eigenvalue weighted by molar-refractivity contribution is 5.20. The Morgan fingerprint density at radius 2 is 1.95 bits per heavy atom. The zero-order valence-electron chi connectivity index (χ0n) is 12.2. The fourth-order valence-corrected chi connectivity index (χ4v) is 2.77. The number of ether oxygens (including phenoxy) is 1. The van der Waals surface area contributed by atoms with Crippen molar-refractivity contribution in [3.05, 3.63) is 30.3 Å². The molecule has 0 saturated carbocycles. The summed E-state index contributed by atoms with van der Waals surface area (Å²) in [5.74, 6) is 0.967. The van der Waals surface area contributed by atoms with Crippen LogP contribution in [0.2, 0.25) is 0 Å². The van der Waals surface area contributed by atoms with Crippen LogP contribution in [0, 0.1) is 0 Å². The van der Waals surface area contributed by atoms with E-state index in [2.05, 4.69) is 24.1 Å². The van der Waals surface area contributed by atoms with Gasteiger partial charge in [0, 0.05) is 31.7 Å². The van der Waals surface area contributed by atoms with Crippen molar-refractivity contribution in [2.24, 2.45) is 0 Å². The summed E-state index contributed by atoms with van der Waals surface area (Å²) in [5, 5.41) is 3.69. The van der Waals surface area contributed by atoms with E-state index in [0.29, 0.717) is 5.54 Å². The molecule has 0 amide bonds. The molecule has 3 heteroatoms. The van der Waals surface area contributed by atoms with Crippen LogP contribution in [0.25, 0.3) is 0 Å². The monoisotopic (exact) mass is 262 g/mol. The van der Waals surface area contributed by atoms with Crippen LogP contribution in [0.15, 0.2) is 30.3 Å². The van der Waals surface area contributed by atoms with Crippen LogP contribution in [0.1, 0.15) is 26.7 Å². The Bertz CT molecular complexity index is 362. The van der Waals surface area contributed by atoms with Crippen LogP contribution < -0.4 is 10.1 Å². The van der Waals surface area contributed by atoms with E-state index >= 15 is 0 Å². The van der Waals surface area contributed by atoms with Crippen molar-refractivity contribution >= 4 is 0 Å². The van der Waals surface area contributed by atoms with Crippen molar-refractivity contribution in [2.75, 3.05) is 32.8 Å². The molecule has 0 spiro atoms. The third-order valence-electron chi connectivity index (χ3n) is 4.23. The predicted octanol–water partition coefficient (Wildman–Crippen LogP) is 2.53. The first kappa shape index (κ1) is 14.4. The Kier molecular flexibility index (Phi) is 5.23. The molecule has 0 aromatic heterocycles. The molecule has 1 N–H and O–H groups in total. The third kappa shape index (κ3) is 3.95. The van der Waals surface area contributed by atoms with E-state index in [1.165, 1.54) is 12.8 Å². The maximum atomic E-state index is 5.78. The molecule has 0 radical (unpaired) electrons. The van der Waals surface area contributed by atoms with Gasteiger partial charge < -0.3 is 10.1 Å². The molecular weight excluding hydrogens is 236 g/mol. The number of hydrogen-bond acceptors (Lipinski definition) is 3. The van der Waals surface area contributed by atoms with Crippen molar-refractivity contribution in [1.29, 1.82) is 0 Å². The first-order valence-electron chi connectivity index (χ1n) is 7.43. The fourth-order valence-electron chi connectivity index (χ4n) is 2.77. The summed E-state index contributed by atoms with van der Waals surface area (Å²) < 4.78 is 5.78. The first-order chi connectivity index (χ1) is 9.28. The van der Waals surface area contributed by atoms with E-state index in [1.807, 2.05) is 30.3 Å². The standard InChI is InChI=1S/C16H26N2O/c1-3-16(4-2)14-18(11-10-17-16)12-13-19-15-8-6-5-7-9-15/h5-9,17H,3-4,10-14H2,1-2H3. The summed E-state index contributed by atoms with van der Waals surface area (Å²) in [4.78, 5) is 2.52. The Hall–Kier alpha value is -1.06. The van der Waals surface area contributed by atoms with Crippen molar-refractivity contribution < 1.29 is 4.74 Å². The molecule has 0 unspecified atom stereocenters. The Labute approximate surface area is 116 Å². The number of nitrogens with one attached hydrogen (secondary N) is 1. The SMILES string of the molecule is CCC1(CC)CN(CCOc2ccccc2)CCN1. The van der Waals surface area contributed by atoms with Crippen LogP contribution in [-0.4, -0.2) is 43.2 Å². The lowest BCUT2D eigenvalue weighted by Crippen LogP contribution is -2.60. The van der Waals surface area contributed by atoms with Crippen molar-refractivity contribution in [3.63, 3.8) is 0 Å². The minimum absolute atomic E-state index is 0.311. The summed E-state index contributed by atoms with van der Waals surface area (Å²) in [6, 6.07) is 10.1. The maximum absolute atomic E-state index is 5.78. The maximum Gasteiger partial charge on any atom is 0.119 e. The molecule has 1 aromatic rings. The van der Waals surface area contributed by atoms with Crippen LogP contribution in [-0.2, 0) is 0 Å². The molecule has 0 aliphatic carbocycles. The summed E-state index contributed by atoms with van der Waals surface area (Å²) in [7, 11) is 0. The van der Waals surface area contributed by atoms with Crippen molar-refractivity contribution in [2.45, 2.75) is 32.2 Å². The number of rotatable bonds is 6. The predicted molar refractivity (Wildman–Crippen MR) is 79.7 cm³/mol. The molecule has 1 fully saturated rings. The van der Waals surface area contributed by atoms with E-state index in [4.69, 9.17) is 4.74 Å². The average Bonchev–Trinajstić information content (AvgIpc) is 2.48. The summed E-state index contributed by atoms with van der Waals surface area (Å²) in [6.07, 6.45) is 2.39. The van der Waals surface area contributed by atoms with Gasteiger partial charge in [0.1, 0.15) is 12.4 Å². The molecule has 1 heterocycles. The van der Waals surface area contributed by atoms with Crippen LogP contribution >= 0.6 is 0 Å². The minimum Gasteiger partial charge on any atom is -0.492 e. The molecule has 0 atom stereocenters. The topological polar surface area (TPSA) is 24.5 Å². The van der Waals surface area contributed by atoms with Gasteiger partial charge >= 0.3 is 0 Å². The molecule has 2 rings (SSSR count). The van der Waals surface area contributed by atoms with Gasteiger partial charge in [-0.25, -0.2) is 0 Å². The van der Waals surface area contributed by atoms with Gasteiger partial charge in [-0.1, -0.05) is 32.0 Å². The summed E-state index contributed by atoms with van der Waals surface area (Å²) in [6.45, 7) is 9.69. The van der Waals surface area contributed by atoms with Gasteiger partial charge in [-0.05, 0) is 25.0 Å². The minimum atomic E-state index is 0.311. The van der Waals surface area contributed by atoms with Crippen molar-refractivity contribution in [1.82, 2.24) is 10.2 Å². The van der Waals surface area contributed by atoms with Gasteiger partial charge in [-0.15, -0.1) is 0 Å². The largest absolute Gasteiger partial charge is 0.492 e. The number of piperazine rings is 1. The van der Waals surface area contributed by atoms with Crippen LogP contribution in [0.3, 0.4) is 0 Å². The zero-order chi connectivity index (χ0) is 13.6. The fraction of sp³-hybridized carbons (Fsp3) is 0.625. The van der Waals surface area contributed by atoms with E-state index < -0.39 is 0 Å². The molecule has 106 valence electrons. The van der Waals surface area contributed by atoms with Crippen LogP contribution in [0.5, 0.6) is 5.75 Å². The zero-order valence-corrected chi connectivity index (χ0v) is 12.2. The molecule has 1 aromatic carbocycles. The molecular formula is C16H26N2O. The second-order valence-electron chi connectivity index (χ2n) is 5.35. The lowest BCUT2D eigenvalue weighted by molar-refractivity contribution is 0.108. The quantitative estimate of drug-likeness (QED) is 0.852. The summed E-state index contributed by atoms with van der Waals surface area (Å²) in [5.41, 5.74) is 0.311. The number of para-hydroxylation sites is 1. The molecule has 1 aliphatic heterocycles. The van der Waals surface area contributed by atoms with Gasteiger partial charge in [-0.2, -0.15) is 0 Å². The number of nitrogens with zero attached hydrogens (tertiary/aromatic N) is 1. The molecule has 1 saturated heterocycles. The van der Waals surface area contributed by atoms with E-state index in [1.54, 1.807) is 0 Å². The van der Waals surface area contributed by atoms with Crippen molar-refractivity contribution in [3.8, 4) is 5.75 Å². The third-order valence-corrected chi connectivity index (χ3v) is 4.23. The summed E-state index contributed by atoms with van der Waals surface area (Å²) >= 11 is 0. The Morgan fingerprint density at radius 1 is 1.21 bits per heavy atom. The van der Waals surface area contributed by atoms with E-state index in [-0.39, 0.29) is 0 Å². The molecule has 0 bridgehead atoms. The molecule has 19 heavy (non-hydrogen) atoms. The van der Waals surface area contributed by atoms with E-state index in [9.17, 15) is 0 Å². The second kappa shape index (κ2) is 6.92. The number of benzene rings is 1. The van der Waals surface area contributed by atoms with Gasteiger partial charge in [-0.3, -0.25) is 4.90 Å².